The summed E-state index contributed by atoms with van der Waals surface area (Å²) < 4.78 is 11.0. The summed E-state index contributed by atoms with van der Waals surface area (Å²) in [6, 6.07) is 7.73. The molecular weight excluding hydrogens is 202 g/mol. The van der Waals surface area contributed by atoms with Crippen molar-refractivity contribution in [3.05, 3.63) is 24.3 Å². The molecule has 1 rings (SSSR count). The fraction of sp³-hybridized carbons (Fsp3) is 0.538. The molecule has 16 heavy (non-hydrogen) atoms. The highest BCUT2D eigenvalue weighted by atomic mass is 16.5. The molecule has 1 aromatic rings. The number of unbranched alkanes of at least 4 members (excludes halogenated alkanes) is 1. The molecule has 0 atom stereocenters. The number of rotatable bonds is 8. The van der Waals surface area contributed by atoms with Gasteiger partial charge in [0.1, 0.15) is 11.5 Å². The van der Waals surface area contributed by atoms with Gasteiger partial charge in [-0.3, -0.25) is 0 Å². The quantitative estimate of drug-likeness (QED) is 0.689. The van der Waals surface area contributed by atoms with Crippen molar-refractivity contribution >= 4 is 0 Å². The standard InChI is InChI=1S/C13H21NO2/c1-2-3-10-15-12-5-7-13(8-6-12)16-11-4-9-14/h5-8H,2-4,9-11,14H2,1H3. The molecule has 0 aromatic heterocycles. The van der Waals surface area contributed by atoms with E-state index >= 15 is 0 Å². The van der Waals surface area contributed by atoms with Gasteiger partial charge in [-0.15, -0.1) is 0 Å². The Bertz CT molecular complexity index is 243. The minimum Gasteiger partial charge on any atom is -0.494 e. The van der Waals surface area contributed by atoms with E-state index in [0.29, 0.717) is 13.2 Å². The Morgan fingerprint density at radius 2 is 1.44 bits per heavy atom. The summed E-state index contributed by atoms with van der Waals surface area (Å²) >= 11 is 0. The molecular formula is C13H21NO2. The molecule has 0 aliphatic heterocycles. The second-order valence-corrected chi connectivity index (χ2v) is 3.66. The zero-order valence-electron chi connectivity index (χ0n) is 9.95. The molecule has 1 aromatic carbocycles. The monoisotopic (exact) mass is 223 g/mol. The number of hydrogen-bond acceptors (Lipinski definition) is 3. The summed E-state index contributed by atoms with van der Waals surface area (Å²) in [6.07, 6.45) is 3.13. The summed E-state index contributed by atoms with van der Waals surface area (Å²) in [7, 11) is 0. The first-order valence-corrected chi connectivity index (χ1v) is 5.92. The SMILES string of the molecule is CCCCOc1ccc(OCCCN)cc1. The predicted octanol–water partition coefficient (Wildman–Crippen LogP) is 2.59. The molecule has 0 radical (unpaired) electrons. The molecule has 0 aliphatic rings. The van der Waals surface area contributed by atoms with Gasteiger partial charge in [0.15, 0.2) is 0 Å². The van der Waals surface area contributed by atoms with Crippen molar-refractivity contribution in [1.29, 1.82) is 0 Å². The fourth-order valence-corrected chi connectivity index (χ4v) is 1.24. The van der Waals surface area contributed by atoms with Crippen LogP contribution >= 0.6 is 0 Å². The van der Waals surface area contributed by atoms with Crippen LogP contribution in [-0.2, 0) is 0 Å². The second kappa shape index (κ2) is 7.99. The average molecular weight is 223 g/mol. The lowest BCUT2D eigenvalue weighted by Crippen LogP contribution is -2.06. The normalized spacial score (nSPS) is 10.1. The lowest BCUT2D eigenvalue weighted by Gasteiger charge is -2.07. The first kappa shape index (κ1) is 12.8. The van der Waals surface area contributed by atoms with E-state index in [0.717, 1.165) is 37.4 Å². The summed E-state index contributed by atoms with van der Waals surface area (Å²) in [5, 5.41) is 0. The minimum atomic E-state index is 0.665. The van der Waals surface area contributed by atoms with Gasteiger partial charge in [0, 0.05) is 0 Å². The number of ether oxygens (including phenoxy) is 2. The molecule has 0 fully saturated rings. The first-order chi connectivity index (χ1) is 7.86. The third kappa shape index (κ3) is 5.03. The Morgan fingerprint density at radius 3 is 1.88 bits per heavy atom. The van der Waals surface area contributed by atoms with E-state index in [-0.39, 0.29) is 0 Å². The molecule has 0 bridgehead atoms. The van der Waals surface area contributed by atoms with Gasteiger partial charge in [0.05, 0.1) is 13.2 Å². The molecule has 0 saturated carbocycles. The second-order valence-electron chi connectivity index (χ2n) is 3.66. The van der Waals surface area contributed by atoms with Gasteiger partial charge < -0.3 is 15.2 Å². The topological polar surface area (TPSA) is 44.5 Å². The highest BCUT2D eigenvalue weighted by Gasteiger charge is 1.95. The average Bonchev–Trinajstić information content (AvgIpc) is 2.32. The maximum atomic E-state index is 5.55. The fourth-order valence-electron chi connectivity index (χ4n) is 1.24. The number of hydrogen-bond donors (Lipinski definition) is 1. The van der Waals surface area contributed by atoms with Crippen LogP contribution in [-0.4, -0.2) is 19.8 Å². The molecule has 0 saturated heterocycles. The van der Waals surface area contributed by atoms with Crippen molar-refractivity contribution in [2.45, 2.75) is 26.2 Å². The van der Waals surface area contributed by atoms with Crippen LogP contribution in [0, 0.1) is 0 Å². The lowest BCUT2D eigenvalue weighted by atomic mass is 10.3. The van der Waals surface area contributed by atoms with Gasteiger partial charge in [-0.25, -0.2) is 0 Å². The van der Waals surface area contributed by atoms with E-state index in [1.807, 2.05) is 24.3 Å². The van der Waals surface area contributed by atoms with Gasteiger partial charge in [0.25, 0.3) is 0 Å². The van der Waals surface area contributed by atoms with Crippen molar-refractivity contribution in [2.24, 2.45) is 5.73 Å². The Balaban J connectivity index is 2.30. The van der Waals surface area contributed by atoms with E-state index in [4.69, 9.17) is 15.2 Å². The molecule has 0 heterocycles. The third-order valence-corrected chi connectivity index (χ3v) is 2.21. The van der Waals surface area contributed by atoms with Gasteiger partial charge in [-0.05, 0) is 43.7 Å². The van der Waals surface area contributed by atoms with Crippen LogP contribution in [0.3, 0.4) is 0 Å². The van der Waals surface area contributed by atoms with Crippen LogP contribution < -0.4 is 15.2 Å². The van der Waals surface area contributed by atoms with E-state index in [9.17, 15) is 0 Å². The minimum absolute atomic E-state index is 0.665. The molecule has 0 spiro atoms. The van der Waals surface area contributed by atoms with Crippen molar-refractivity contribution in [3.8, 4) is 11.5 Å². The van der Waals surface area contributed by atoms with E-state index in [1.54, 1.807) is 0 Å². The largest absolute Gasteiger partial charge is 0.494 e. The lowest BCUT2D eigenvalue weighted by molar-refractivity contribution is 0.302. The first-order valence-electron chi connectivity index (χ1n) is 5.92. The van der Waals surface area contributed by atoms with Crippen LogP contribution in [0.1, 0.15) is 26.2 Å². The molecule has 0 unspecified atom stereocenters. The van der Waals surface area contributed by atoms with Crippen LogP contribution in [0.15, 0.2) is 24.3 Å². The highest BCUT2D eigenvalue weighted by molar-refractivity contribution is 5.31. The Morgan fingerprint density at radius 1 is 0.938 bits per heavy atom. The summed E-state index contributed by atoms with van der Waals surface area (Å²) in [5.41, 5.74) is 5.38. The van der Waals surface area contributed by atoms with Gasteiger partial charge >= 0.3 is 0 Å². The van der Waals surface area contributed by atoms with Crippen LogP contribution in [0.5, 0.6) is 11.5 Å². The van der Waals surface area contributed by atoms with Crippen molar-refractivity contribution < 1.29 is 9.47 Å². The van der Waals surface area contributed by atoms with E-state index < -0.39 is 0 Å². The van der Waals surface area contributed by atoms with Crippen molar-refractivity contribution in [3.63, 3.8) is 0 Å². The summed E-state index contributed by atoms with van der Waals surface area (Å²) in [4.78, 5) is 0. The maximum absolute atomic E-state index is 5.55. The Hall–Kier alpha value is -1.22. The van der Waals surface area contributed by atoms with Gasteiger partial charge in [-0.1, -0.05) is 13.3 Å². The van der Waals surface area contributed by atoms with Crippen molar-refractivity contribution in [1.82, 2.24) is 0 Å². The predicted molar refractivity (Wildman–Crippen MR) is 66.0 cm³/mol. The maximum Gasteiger partial charge on any atom is 0.119 e. The molecule has 3 heteroatoms. The summed E-state index contributed by atoms with van der Waals surface area (Å²) in [5.74, 6) is 1.77. The third-order valence-electron chi connectivity index (χ3n) is 2.21. The van der Waals surface area contributed by atoms with Crippen LogP contribution in [0.25, 0.3) is 0 Å². The number of nitrogens with two attached hydrogens (primary N) is 1. The number of benzene rings is 1. The molecule has 90 valence electrons. The zero-order valence-corrected chi connectivity index (χ0v) is 9.95. The van der Waals surface area contributed by atoms with Gasteiger partial charge in [-0.2, -0.15) is 0 Å². The van der Waals surface area contributed by atoms with Crippen LogP contribution in [0.4, 0.5) is 0 Å². The van der Waals surface area contributed by atoms with Crippen molar-refractivity contribution in [2.75, 3.05) is 19.8 Å². The van der Waals surface area contributed by atoms with Gasteiger partial charge in [0.2, 0.25) is 0 Å². The zero-order chi connectivity index (χ0) is 11.6. The molecule has 0 amide bonds. The summed E-state index contributed by atoms with van der Waals surface area (Å²) in [6.45, 7) is 4.27. The van der Waals surface area contributed by atoms with E-state index in [1.165, 1.54) is 0 Å². The molecule has 0 aliphatic carbocycles. The molecule has 3 nitrogen and oxygen atoms in total. The van der Waals surface area contributed by atoms with Crippen LogP contribution in [0.2, 0.25) is 0 Å². The Kier molecular flexibility index (Phi) is 6.42. The smallest absolute Gasteiger partial charge is 0.119 e. The molecule has 2 N–H and O–H groups in total. The Labute approximate surface area is 97.6 Å². The highest BCUT2D eigenvalue weighted by Crippen LogP contribution is 2.17. The van der Waals surface area contributed by atoms with E-state index in [2.05, 4.69) is 6.92 Å².